The minimum absolute atomic E-state index is 0. The number of hydrogen-bond donors (Lipinski definition) is 3. The van der Waals surface area contributed by atoms with E-state index in [0.717, 1.165) is 38.5 Å². The van der Waals surface area contributed by atoms with Crippen LogP contribution in [0, 0.1) is 11.8 Å². The predicted octanol–water partition coefficient (Wildman–Crippen LogP) is 0.417. The Balaban J connectivity index is 0.00000312. The van der Waals surface area contributed by atoms with Crippen LogP contribution in [0.15, 0.2) is 0 Å². The van der Waals surface area contributed by atoms with Gasteiger partial charge in [-0.3, -0.25) is 14.4 Å². The highest BCUT2D eigenvalue weighted by Gasteiger charge is 2.36. The van der Waals surface area contributed by atoms with E-state index >= 15 is 0 Å². The summed E-state index contributed by atoms with van der Waals surface area (Å²) in [6.45, 7) is 3.40. The number of carbonyl (C=O) groups excluding carboxylic acids is 3. The van der Waals surface area contributed by atoms with Crippen LogP contribution < -0.4 is 16.4 Å². The second-order valence-corrected chi connectivity index (χ2v) is 6.93. The fraction of sp³-hybridized carbons (Fsp3) is 0.824. The fourth-order valence-corrected chi connectivity index (χ4v) is 3.82. The number of nitrogens with one attached hydrogen (secondary N) is 2. The summed E-state index contributed by atoms with van der Waals surface area (Å²) in [6.07, 6.45) is 5.77. The van der Waals surface area contributed by atoms with Crippen molar-refractivity contribution in [1.29, 1.82) is 0 Å². The molecule has 7 nitrogen and oxygen atoms in total. The Labute approximate surface area is 155 Å². The van der Waals surface area contributed by atoms with E-state index in [1.165, 1.54) is 6.92 Å². The van der Waals surface area contributed by atoms with Crippen LogP contribution in [0.2, 0.25) is 0 Å². The molecule has 25 heavy (non-hydrogen) atoms. The van der Waals surface area contributed by atoms with E-state index in [9.17, 15) is 14.4 Å². The van der Waals surface area contributed by atoms with Crippen LogP contribution in [0.5, 0.6) is 0 Å². The number of piperidine rings is 1. The van der Waals surface area contributed by atoms with E-state index in [1.807, 2.05) is 0 Å². The molecular weight excluding hydrogens is 344 g/mol. The molecule has 2 aliphatic rings. The summed E-state index contributed by atoms with van der Waals surface area (Å²) < 4.78 is 0. The van der Waals surface area contributed by atoms with E-state index in [1.54, 1.807) is 4.90 Å². The van der Waals surface area contributed by atoms with Gasteiger partial charge in [-0.25, -0.2) is 0 Å². The zero-order valence-electron chi connectivity index (χ0n) is 15.0. The number of likely N-dealkylation sites (tertiary alicyclic amines) is 1. The molecule has 8 heteroatoms. The molecular formula is C17H31ClN4O3. The number of rotatable bonds is 6. The molecule has 0 radical (unpaired) electrons. The molecule has 144 valence electrons. The molecule has 2 fully saturated rings. The summed E-state index contributed by atoms with van der Waals surface area (Å²) in [4.78, 5) is 38.4. The highest BCUT2D eigenvalue weighted by Crippen LogP contribution is 2.29. The van der Waals surface area contributed by atoms with Crippen LogP contribution in [-0.2, 0) is 14.4 Å². The Morgan fingerprint density at radius 3 is 2.44 bits per heavy atom. The van der Waals surface area contributed by atoms with Crippen molar-refractivity contribution in [2.45, 2.75) is 51.5 Å². The lowest BCUT2D eigenvalue weighted by molar-refractivity contribution is -0.140. The topological polar surface area (TPSA) is 105 Å². The number of nitrogens with two attached hydrogens (primary N) is 1. The largest absolute Gasteiger partial charge is 0.355 e. The molecule has 0 aromatic carbocycles. The predicted molar refractivity (Wildman–Crippen MR) is 98.2 cm³/mol. The van der Waals surface area contributed by atoms with Gasteiger partial charge < -0.3 is 21.3 Å². The van der Waals surface area contributed by atoms with Gasteiger partial charge in [-0.2, -0.15) is 0 Å². The number of halogens is 1. The van der Waals surface area contributed by atoms with Crippen molar-refractivity contribution in [3.05, 3.63) is 0 Å². The first-order valence-corrected chi connectivity index (χ1v) is 9.06. The Bertz CT molecular complexity index is 469. The summed E-state index contributed by atoms with van der Waals surface area (Å²) in [5.41, 5.74) is 5.42. The van der Waals surface area contributed by atoms with E-state index in [-0.39, 0.29) is 42.0 Å². The second-order valence-electron chi connectivity index (χ2n) is 6.93. The van der Waals surface area contributed by atoms with Crippen LogP contribution in [0.4, 0.5) is 0 Å². The third kappa shape index (κ3) is 6.15. The minimum Gasteiger partial charge on any atom is -0.355 e. The van der Waals surface area contributed by atoms with Crippen molar-refractivity contribution in [3.8, 4) is 0 Å². The van der Waals surface area contributed by atoms with E-state index in [0.29, 0.717) is 26.2 Å². The summed E-state index contributed by atoms with van der Waals surface area (Å²) in [5.74, 6) is -0.207. The molecule has 1 saturated carbocycles. The maximum Gasteiger partial charge on any atom is 0.245 e. The van der Waals surface area contributed by atoms with Crippen molar-refractivity contribution in [2.24, 2.45) is 17.6 Å². The number of nitrogens with zero attached hydrogens (tertiary/aromatic N) is 1. The highest BCUT2D eigenvalue weighted by molar-refractivity contribution is 5.88. The maximum absolute atomic E-state index is 13.0. The third-order valence-corrected chi connectivity index (χ3v) is 5.04. The lowest BCUT2D eigenvalue weighted by atomic mass is 9.93. The van der Waals surface area contributed by atoms with Crippen LogP contribution in [0.1, 0.15) is 45.4 Å². The molecule has 1 aliphatic carbocycles. The monoisotopic (exact) mass is 374 g/mol. The van der Waals surface area contributed by atoms with Crippen molar-refractivity contribution < 1.29 is 14.4 Å². The van der Waals surface area contributed by atoms with Gasteiger partial charge >= 0.3 is 0 Å². The molecule has 1 aliphatic heterocycles. The third-order valence-electron chi connectivity index (χ3n) is 5.04. The van der Waals surface area contributed by atoms with Gasteiger partial charge in [0, 0.05) is 33.1 Å². The molecule has 0 bridgehead atoms. The Hall–Kier alpha value is -1.34. The van der Waals surface area contributed by atoms with E-state index < -0.39 is 6.04 Å². The smallest absolute Gasteiger partial charge is 0.245 e. The van der Waals surface area contributed by atoms with Gasteiger partial charge in [-0.05, 0) is 31.6 Å². The van der Waals surface area contributed by atoms with Crippen LogP contribution in [0.3, 0.4) is 0 Å². The van der Waals surface area contributed by atoms with Gasteiger partial charge in [-0.15, -0.1) is 12.4 Å². The van der Waals surface area contributed by atoms with Gasteiger partial charge in [0.1, 0.15) is 6.04 Å². The van der Waals surface area contributed by atoms with Crippen LogP contribution in [-0.4, -0.2) is 54.8 Å². The first-order chi connectivity index (χ1) is 11.5. The van der Waals surface area contributed by atoms with Crippen molar-refractivity contribution in [2.75, 3.05) is 26.2 Å². The van der Waals surface area contributed by atoms with Crippen molar-refractivity contribution in [3.63, 3.8) is 0 Å². The zero-order chi connectivity index (χ0) is 17.5. The molecule has 0 aromatic rings. The van der Waals surface area contributed by atoms with Gasteiger partial charge in [-0.1, -0.05) is 12.8 Å². The van der Waals surface area contributed by atoms with Crippen LogP contribution >= 0.6 is 12.4 Å². The summed E-state index contributed by atoms with van der Waals surface area (Å²) in [5, 5.41) is 5.66. The summed E-state index contributed by atoms with van der Waals surface area (Å²) >= 11 is 0. The fourth-order valence-electron chi connectivity index (χ4n) is 3.82. The standard InChI is InChI=1S/C17H30N4O3.ClH/c1-12(22)20-15(13-5-2-3-6-13)17(24)21-10-4-7-14(11-21)16(23)19-9-8-18;/h13-15H,2-11,18H2,1H3,(H,19,23)(H,20,22);1H. The normalized spacial score (nSPS) is 22.0. The van der Waals surface area contributed by atoms with Gasteiger partial charge in [0.25, 0.3) is 0 Å². The second kappa shape index (κ2) is 10.6. The van der Waals surface area contributed by atoms with E-state index in [4.69, 9.17) is 5.73 Å². The highest BCUT2D eigenvalue weighted by atomic mass is 35.5. The Kier molecular flexibility index (Phi) is 9.21. The molecule has 3 amide bonds. The molecule has 2 atom stereocenters. The van der Waals surface area contributed by atoms with Gasteiger partial charge in [0.2, 0.25) is 17.7 Å². The number of amides is 3. The molecule has 1 saturated heterocycles. The lowest BCUT2D eigenvalue weighted by Gasteiger charge is -2.36. The average Bonchev–Trinajstić information content (AvgIpc) is 3.11. The molecule has 2 unspecified atom stereocenters. The molecule has 0 aromatic heterocycles. The van der Waals surface area contributed by atoms with E-state index in [2.05, 4.69) is 10.6 Å². The van der Waals surface area contributed by atoms with Gasteiger partial charge in [0.15, 0.2) is 0 Å². The number of hydrogen-bond acceptors (Lipinski definition) is 4. The van der Waals surface area contributed by atoms with Crippen molar-refractivity contribution in [1.82, 2.24) is 15.5 Å². The maximum atomic E-state index is 13.0. The van der Waals surface area contributed by atoms with Crippen LogP contribution in [0.25, 0.3) is 0 Å². The lowest BCUT2D eigenvalue weighted by Crippen LogP contribution is -2.55. The minimum atomic E-state index is -0.448. The quantitative estimate of drug-likeness (QED) is 0.626. The Morgan fingerprint density at radius 2 is 1.84 bits per heavy atom. The first-order valence-electron chi connectivity index (χ1n) is 9.06. The molecule has 1 heterocycles. The summed E-state index contributed by atoms with van der Waals surface area (Å²) in [6, 6.07) is -0.448. The molecule has 2 rings (SSSR count). The molecule has 0 spiro atoms. The average molecular weight is 375 g/mol. The summed E-state index contributed by atoms with van der Waals surface area (Å²) in [7, 11) is 0. The SMILES string of the molecule is CC(=O)NC(C(=O)N1CCCC(C(=O)NCCN)C1)C1CCCC1.Cl. The van der Waals surface area contributed by atoms with Crippen molar-refractivity contribution >= 4 is 30.1 Å². The van der Waals surface area contributed by atoms with Gasteiger partial charge in [0.05, 0.1) is 5.92 Å². The number of carbonyl (C=O) groups is 3. The Morgan fingerprint density at radius 1 is 1.16 bits per heavy atom. The molecule has 4 N–H and O–H groups in total. The first kappa shape index (κ1) is 21.7. The zero-order valence-corrected chi connectivity index (χ0v) is 15.8.